The van der Waals surface area contributed by atoms with Crippen molar-refractivity contribution >= 4 is 93.2 Å². The lowest BCUT2D eigenvalue weighted by Crippen LogP contribution is -2.40. The van der Waals surface area contributed by atoms with E-state index < -0.39 is 142 Å². The van der Waals surface area contributed by atoms with Crippen molar-refractivity contribution in [3.05, 3.63) is 185 Å². The number of nitrogens with zero attached hydrogens (tertiary/aromatic N) is 2. The van der Waals surface area contributed by atoms with Gasteiger partial charge in [0, 0.05) is 48.3 Å². The van der Waals surface area contributed by atoms with Crippen molar-refractivity contribution < 1.29 is 127 Å². The number of carbonyl (C=O) groups is 5. The summed E-state index contributed by atoms with van der Waals surface area (Å²) in [4.78, 5) is 91.7. The summed E-state index contributed by atoms with van der Waals surface area (Å²) in [5.74, 6) is -14.7. The third-order valence-electron chi connectivity index (χ3n) is 12.9. The number of ether oxygens (including phenoxy) is 5. The van der Waals surface area contributed by atoms with Crippen LogP contribution in [0.3, 0.4) is 0 Å². The summed E-state index contributed by atoms with van der Waals surface area (Å²) >= 11 is 11.4. The first-order valence-corrected chi connectivity index (χ1v) is 28.1. The number of nitrogens with one attached hydrogen (secondary N) is 2. The third kappa shape index (κ3) is 20.6. The van der Waals surface area contributed by atoms with Gasteiger partial charge in [0.25, 0.3) is 17.8 Å². The van der Waals surface area contributed by atoms with Crippen LogP contribution in [0.5, 0.6) is 34.5 Å². The molecule has 1 unspecified atom stereocenters. The highest BCUT2D eigenvalue weighted by atomic mass is 35.5. The van der Waals surface area contributed by atoms with E-state index in [0.29, 0.717) is 24.6 Å². The minimum Gasteiger partial charge on any atom is -0.460 e. The average Bonchev–Trinajstić information content (AvgIpc) is 1.57. The van der Waals surface area contributed by atoms with Crippen LogP contribution in [0, 0.1) is 0 Å². The number of carbonyl (C=O) groups excluding carboxylic acids is 5. The molecule has 6 aromatic carbocycles. The lowest BCUT2D eigenvalue weighted by atomic mass is 9.90. The number of nitrogens with two attached hydrogens (primary N) is 1. The lowest BCUT2D eigenvalue weighted by molar-refractivity contribution is -0.275. The fourth-order valence-corrected chi connectivity index (χ4v) is 9.45. The van der Waals surface area contributed by atoms with Crippen molar-refractivity contribution in [3.8, 4) is 34.5 Å². The predicted octanol–water partition coefficient (Wildman–Crippen LogP) is 15.5. The van der Waals surface area contributed by atoms with E-state index in [9.17, 15) is 104 Å². The SMILES string of the molecule is CC(F)(F)CN.CC(F)(F)CN1C(=O)C2=C(C(c3cccc4[nH]c(=O)oc34)=NC2)C1c1ccc(Oc2ccc(OC(F)(F)F)c(Cl)c2)c(C(F)(F)F)c1.CCOC(=O)C(=O)CC(=O)c1cccc2[nH]c(=O)oc12.Cl.O=Cc1ccc(Oc2ccc(OC(F)(F)F)c(Cl)c2)c(C(F)(F)F)c1. The van der Waals surface area contributed by atoms with E-state index in [2.05, 4.69) is 34.9 Å². The van der Waals surface area contributed by atoms with Gasteiger partial charge in [0.05, 0.1) is 82.2 Å². The van der Waals surface area contributed by atoms with Crippen LogP contribution in [0.15, 0.2) is 144 Å². The molecule has 2 aromatic heterocycles. The van der Waals surface area contributed by atoms with Gasteiger partial charge in [-0.3, -0.25) is 34.1 Å². The van der Waals surface area contributed by atoms with Crippen LogP contribution in [-0.4, -0.2) is 101 Å². The Bertz CT molecular complexity index is 4530. The van der Waals surface area contributed by atoms with Crippen LogP contribution in [0.1, 0.15) is 76.2 Å². The fraction of sp³-hybridized carbons (Fsp3) is 0.246. The van der Waals surface area contributed by atoms with Gasteiger partial charge in [0.2, 0.25) is 5.78 Å². The zero-order valence-corrected chi connectivity index (χ0v) is 52.3. The lowest BCUT2D eigenvalue weighted by Gasteiger charge is -2.31. The number of esters is 1. The minimum atomic E-state index is -5.10. The van der Waals surface area contributed by atoms with Gasteiger partial charge in [-0.25, -0.2) is 31.9 Å². The molecule has 38 heteroatoms. The summed E-state index contributed by atoms with van der Waals surface area (Å²) in [5.41, 5.74) is 2.62. The molecule has 0 radical (unpaired) electrons. The molecule has 1 amide bonds. The van der Waals surface area contributed by atoms with Crippen LogP contribution in [-0.2, 0) is 31.5 Å². The number of aromatic amines is 2. The number of hydrogen-bond donors (Lipinski definition) is 3. The van der Waals surface area contributed by atoms with E-state index in [1.165, 1.54) is 30.3 Å². The number of aldehydes is 1. The van der Waals surface area contributed by atoms with Gasteiger partial charge < -0.3 is 43.2 Å². The Morgan fingerprint density at radius 1 is 0.657 bits per heavy atom. The van der Waals surface area contributed by atoms with E-state index in [1.54, 1.807) is 13.0 Å². The number of rotatable bonds is 17. The molecule has 4 heterocycles. The Labute approximate surface area is 559 Å². The Morgan fingerprint density at radius 2 is 1.14 bits per heavy atom. The van der Waals surface area contributed by atoms with E-state index >= 15 is 0 Å². The smallest absolute Gasteiger partial charge is 0.460 e. The van der Waals surface area contributed by atoms with Crippen molar-refractivity contribution in [1.82, 2.24) is 14.9 Å². The third-order valence-corrected chi connectivity index (χ3v) is 13.5. The first-order chi connectivity index (χ1) is 45.5. The topological polar surface area (TPSA) is 265 Å². The number of aliphatic imine (C=N–C) groups is 1. The molecule has 99 heavy (non-hydrogen) atoms. The van der Waals surface area contributed by atoms with Crippen LogP contribution in [0.2, 0.25) is 10.0 Å². The summed E-state index contributed by atoms with van der Waals surface area (Å²) in [6, 6.07) is 17.9. The van der Waals surface area contributed by atoms with Gasteiger partial charge in [-0.05, 0) is 91.3 Å². The molecular weight excluding hydrogens is 1440 g/mol. The maximum absolute atomic E-state index is 14.4. The van der Waals surface area contributed by atoms with Crippen molar-refractivity contribution in [2.45, 2.75) is 70.2 Å². The molecular formula is C61H44Cl3F16N5O14. The molecule has 0 saturated heterocycles. The number of oxazole rings is 2. The highest BCUT2D eigenvalue weighted by molar-refractivity contribution is 6.38. The Hall–Kier alpha value is -9.87. The van der Waals surface area contributed by atoms with Crippen LogP contribution >= 0.6 is 35.6 Å². The number of amides is 1. The van der Waals surface area contributed by atoms with E-state index in [1.807, 2.05) is 0 Å². The molecule has 2 aliphatic rings. The Morgan fingerprint density at radius 3 is 1.62 bits per heavy atom. The number of alkyl halides is 16. The molecule has 0 fully saturated rings. The van der Waals surface area contributed by atoms with Gasteiger partial charge >= 0.3 is 42.6 Å². The number of aromatic nitrogens is 2. The Kier molecular flexibility index (Phi) is 24.4. The van der Waals surface area contributed by atoms with E-state index in [4.69, 9.17) is 41.5 Å². The highest BCUT2D eigenvalue weighted by Crippen LogP contribution is 2.48. The maximum Gasteiger partial charge on any atom is 0.573 e. The first kappa shape index (κ1) is 78.1. The Balaban J connectivity index is 0.000000248. The largest absolute Gasteiger partial charge is 0.573 e. The summed E-state index contributed by atoms with van der Waals surface area (Å²) in [6.07, 6.45) is -20.4. The number of hydrogen-bond acceptors (Lipinski definition) is 16. The zero-order valence-electron chi connectivity index (χ0n) is 50.0. The molecule has 0 bridgehead atoms. The number of ketones is 2. The van der Waals surface area contributed by atoms with Gasteiger partial charge in [-0.15, -0.1) is 38.7 Å². The molecule has 530 valence electrons. The minimum absolute atomic E-state index is 0. The zero-order chi connectivity index (χ0) is 72.8. The van der Waals surface area contributed by atoms with Gasteiger partial charge in [-0.2, -0.15) is 26.3 Å². The number of halogens is 19. The van der Waals surface area contributed by atoms with E-state index in [0.717, 1.165) is 72.5 Å². The maximum atomic E-state index is 14.4. The number of benzene rings is 6. The average molecular weight is 1480 g/mol. The van der Waals surface area contributed by atoms with Gasteiger partial charge in [0.15, 0.2) is 16.9 Å². The molecule has 0 spiro atoms. The second kappa shape index (κ2) is 30.9. The van der Waals surface area contributed by atoms with Crippen molar-refractivity contribution in [3.63, 3.8) is 0 Å². The first-order valence-electron chi connectivity index (χ1n) is 27.3. The van der Waals surface area contributed by atoms with Crippen molar-refractivity contribution in [2.75, 3.05) is 26.2 Å². The second-order valence-corrected chi connectivity index (χ2v) is 21.3. The fourth-order valence-electron chi connectivity index (χ4n) is 9.03. The van der Waals surface area contributed by atoms with Gasteiger partial charge in [0.1, 0.15) is 40.8 Å². The quantitative estimate of drug-likeness (QED) is 0.0191. The number of para-hydroxylation sites is 2. The van der Waals surface area contributed by atoms with Crippen molar-refractivity contribution in [2.24, 2.45) is 10.7 Å². The standard InChI is InChI=1S/C30H18ClF8N3O5.C15H7ClF6O3.C13H11NO6.C3H7F2N.ClH/c1-28(32,33)12-42-24(22-16(26(42)43)11-40-23(22)15-3-2-4-19-25(15)46-27(44)41-19)13-5-7-20(17(9-13)29(34,35)36)45-14-6-8-21(18(31)10-14)47-30(37,38)39;16-11-6-9(2-4-13(11)25-15(20,21)22)24-12-3-1-8(7-23)5-10(12)14(17,18)19;1-2-19-12(17)10(16)6-9(15)7-4-3-5-8-11(7)20-13(18)14-8;1-3(4,5)2-6;/h2-10,24H,11-12H2,1H3,(H,41,44);1-7H;3-5H,2,6H2,1H3,(H,14,18);2,6H2,1H3;1H. The molecule has 0 saturated carbocycles. The molecule has 1 atom stereocenters. The summed E-state index contributed by atoms with van der Waals surface area (Å²) in [7, 11) is 0. The normalized spacial score (nSPS) is 14.0. The van der Waals surface area contributed by atoms with Crippen LogP contribution in [0.25, 0.3) is 22.2 Å². The van der Waals surface area contributed by atoms with Gasteiger partial charge in [-0.1, -0.05) is 41.4 Å². The monoisotopic (exact) mass is 1480 g/mol. The van der Waals surface area contributed by atoms with Crippen molar-refractivity contribution in [1.29, 1.82) is 0 Å². The summed E-state index contributed by atoms with van der Waals surface area (Å²) in [6.45, 7) is 0.978. The number of fused-ring (bicyclic) bond motifs is 2. The van der Waals surface area contributed by atoms with E-state index in [-0.39, 0.29) is 99.1 Å². The summed E-state index contributed by atoms with van der Waals surface area (Å²) in [5, 5.41) is -1.11. The second-order valence-electron chi connectivity index (χ2n) is 20.5. The number of H-pyrrole nitrogens is 2. The molecule has 8 aromatic rings. The van der Waals surface area contributed by atoms with Crippen LogP contribution in [0.4, 0.5) is 70.2 Å². The predicted molar refractivity (Wildman–Crippen MR) is 319 cm³/mol. The molecule has 19 nitrogen and oxygen atoms in total. The van der Waals surface area contributed by atoms with Crippen LogP contribution < -0.4 is 36.2 Å². The molecule has 2 aliphatic heterocycles. The molecule has 0 aliphatic carbocycles. The molecule has 10 rings (SSSR count). The number of Topliss-reactive ketones (excluding diaryl/α,β-unsaturated/α-hetero) is 2. The highest BCUT2D eigenvalue weighted by Gasteiger charge is 2.49. The summed E-state index contributed by atoms with van der Waals surface area (Å²) < 4.78 is 241. The molecule has 4 N–H and O–H groups in total.